The van der Waals surface area contributed by atoms with E-state index in [1.165, 1.54) is 36.2 Å². The molecule has 5 N–H and O–H groups in total. The number of likely N-dealkylation sites (tertiary alicyclic amines) is 1. The molecule has 2 aliphatic heterocycles. The van der Waals surface area contributed by atoms with E-state index in [9.17, 15) is 19.4 Å². The largest absolute Gasteiger partial charge is 0.476 e. The molecule has 8 heterocycles. The number of hydrogen-bond acceptors (Lipinski definition) is 13. The molecular formula is C56H75FN14O6. The van der Waals surface area contributed by atoms with Gasteiger partial charge in [0.25, 0.3) is 5.56 Å². The molecule has 2 bridgehead atoms. The lowest BCUT2D eigenvalue weighted by Crippen LogP contribution is -2.42. The Morgan fingerprint density at radius 1 is 0.896 bits per heavy atom. The molecule has 1 fully saturated rings. The third-order valence-corrected chi connectivity index (χ3v) is 13.7. The van der Waals surface area contributed by atoms with Crippen LogP contribution in [0.5, 0.6) is 17.6 Å². The van der Waals surface area contributed by atoms with Gasteiger partial charge in [-0.25, -0.2) is 9.07 Å². The number of ether oxygens (including phenoxy) is 3. The van der Waals surface area contributed by atoms with Crippen LogP contribution in [-0.2, 0) is 40.3 Å². The molecule has 6 aromatic heterocycles. The van der Waals surface area contributed by atoms with Gasteiger partial charge in [0.1, 0.15) is 12.4 Å². The maximum atomic E-state index is 14.9. The van der Waals surface area contributed by atoms with Gasteiger partial charge in [0, 0.05) is 67.9 Å². The smallest absolute Gasteiger partial charge is 0.274 e. The van der Waals surface area contributed by atoms with Crippen molar-refractivity contribution in [2.75, 3.05) is 39.5 Å². The van der Waals surface area contributed by atoms with E-state index in [1.54, 1.807) is 17.8 Å². The molecule has 8 aromatic rings. The molecule has 21 heteroatoms. The zero-order chi connectivity index (χ0) is 54.9. The monoisotopic (exact) mass is 1060 g/mol. The molecule has 10 rings (SSSR count). The van der Waals surface area contributed by atoms with E-state index in [4.69, 9.17) is 19.3 Å². The SMILES string of the molecule is CC.CC(C)Oc1nn(CCO)c2c1/C=C/c1[nH]nc3ccc(cc13)-c1cnn(C)c1OC[C@H](C)N(C(C)C)C2.CCOc1nn(CCO)c(CN2CCCCC2)c1/C=C/c1n[nH]c2cc(F)c(-c3c[nH]n(C)c3=O)cc12. The standard InChI is InChI=1S/C28H37N7O3.C26H32FN7O3.C2H6/c1-17(2)34-15-26-21(27(38-18(3)4)32-35(26)11-12-36)8-10-25-22-13-20(7-9-24(22)30-31-25)23-14-29-33(6)28(23)37-16-19(34)5;1-3-37-25-17(24(34(31-25)11-12-35)16-33-9-5-4-6-10-33)7-8-22-19-13-18(20-15-28-32(2)26(20)36)21(27)14-23(19)30-29-22;1-2/h7-10,13-14,17-19,36H,11-12,15-16H2,1-6H3,(H,30,31);7-8,13-15,28,35H,3-6,9-12,16H2,1-2H3,(H,29,30);1-2H3/b10-8+;8-7+;/t19-;;/m0../s1. The normalized spacial score (nSPS) is 15.8. The Labute approximate surface area is 448 Å². The summed E-state index contributed by atoms with van der Waals surface area (Å²) < 4.78 is 40.1. The predicted molar refractivity (Wildman–Crippen MR) is 299 cm³/mol. The van der Waals surface area contributed by atoms with Crippen molar-refractivity contribution in [2.45, 2.75) is 119 Å². The summed E-state index contributed by atoms with van der Waals surface area (Å²) in [5, 5.41) is 52.8. The first-order valence-electron chi connectivity index (χ1n) is 26.9. The fourth-order valence-corrected chi connectivity index (χ4v) is 9.90. The number of nitrogens with zero attached hydrogens (tertiary/aromatic N) is 11. The summed E-state index contributed by atoms with van der Waals surface area (Å²) >= 11 is 0. The number of benzene rings is 2. The highest BCUT2D eigenvalue weighted by Gasteiger charge is 2.27. The molecule has 1 saturated heterocycles. The first-order valence-corrected chi connectivity index (χ1v) is 26.9. The van der Waals surface area contributed by atoms with Crippen LogP contribution in [0.3, 0.4) is 0 Å². The minimum Gasteiger partial charge on any atom is -0.476 e. The fourth-order valence-electron chi connectivity index (χ4n) is 9.90. The minimum atomic E-state index is -0.504. The van der Waals surface area contributed by atoms with Crippen LogP contribution in [-0.4, -0.2) is 137 Å². The average Bonchev–Trinajstić information content (AvgIpc) is 4.29. The number of nitrogens with one attached hydrogen (secondary N) is 3. The highest BCUT2D eigenvalue weighted by Crippen LogP contribution is 2.35. The number of piperidine rings is 1. The number of aliphatic hydroxyl groups excluding tert-OH is 2. The molecule has 2 aromatic carbocycles. The quantitative estimate of drug-likeness (QED) is 0.0693. The summed E-state index contributed by atoms with van der Waals surface area (Å²) in [5.74, 6) is 1.28. The van der Waals surface area contributed by atoms with Gasteiger partial charge in [-0.1, -0.05) is 26.3 Å². The van der Waals surface area contributed by atoms with E-state index in [2.05, 4.69) is 72.3 Å². The second-order valence-corrected chi connectivity index (χ2v) is 19.6. The number of halogens is 1. The highest BCUT2D eigenvalue weighted by molar-refractivity contribution is 5.94. The summed E-state index contributed by atoms with van der Waals surface area (Å²) in [5.41, 5.74) is 8.68. The zero-order valence-corrected chi connectivity index (χ0v) is 46.1. The van der Waals surface area contributed by atoms with Crippen molar-refractivity contribution < 1.29 is 28.8 Å². The van der Waals surface area contributed by atoms with Crippen LogP contribution in [0.4, 0.5) is 4.39 Å². The van der Waals surface area contributed by atoms with Crippen LogP contribution < -0.4 is 19.8 Å². The molecule has 77 heavy (non-hydrogen) atoms. The molecular weight excluding hydrogens is 984 g/mol. The van der Waals surface area contributed by atoms with Crippen molar-refractivity contribution in [2.24, 2.45) is 14.1 Å². The number of hydrogen-bond donors (Lipinski definition) is 5. The molecule has 1 atom stereocenters. The van der Waals surface area contributed by atoms with Crippen LogP contribution >= 0.6 is 0 Å². The molecule has 0 aliphatic carbocycles. The van der Waals surface area contributed by atoms with Gasteiger partial charge < -0.3 is 29.5 Å². The first kappa shape index (κ1) is 55.9. The number of H-pyrrole nitrogens is 3. The summed E-state index contributed by atoms with van der Waals surface area (Å²) in [7, 11) is 3.49. The number of fused-ring (bicyclic) bond motifs is 5. The van der Waals surface area contributed by atoms with Crippen LogP contribution in [0.15, 0.2) is 47.5 Å². The van der Waals surface area contributed by atoms with Crippen LogP contribution in [0.2, 0.25) is 0 Å². The second kappa shape index (κ2) is 25.2. The van der Waals surface area contributed by atoms with Crippen LogP contribution in [0.1, 0.15) is 109 Å². The second-order valence-electron chi connectivity index (χ2n) is 19.6. The van der Waals surface area contributed by atoms with E-state index >= 15 is 0 Å². The van der Waals surface area contributed by atoms with Crippen LogP contribution in [0.25, 0.3) is 68.4 Å². The van der Waals surface area contributed by atoms with Gasteiger partial charge in [-0.3, -0.25) is 38.8 Å². The third kappa shape index (κ3) is 12.3. The molecule has 20 nitrogen and oxygen atoms in total. The average molecular weight is 1060 g/mol. The lowest BCUT2D eigenvalue weighted by Gasteiger charge is -2.33. The van der Waals surface area contributed by atoms with E-state index in [0.29, 0.717) is 67.7 Å². The number of aliphatic hydroxyl groups is 2. The van der Waals surface area contributed by atoms with Gasteiger partial charge in [0.15, 0.2) is 0 Å². The van der Waals surface area contributed by atoms with Crippen molar-refractivity contribution in [3.05, 3.63) is 92.8 Å². The number of aryl methyl sites for hydroxylation is 2. The number of rotatable bonds is 14. The van der Waals surface area contributed by atoms with Gasteiger partial charge in [-0.2, -0.15) is 15.3 Å². The maximum absolute atomic E-state index is 14.9. The lowest BCUT2D eigenvalue weighted by molar-refractivity contribution is 0.102. The van der Waals surface area contributed by atoms with Crippen molar-refractivity contribution in [1.29, 1.82) is 0 Å². The highest BCUT2D eigenvalue weighted by atomic mass is 19.1. The molecule has 0 radical (unpaired) electrons. The first-order chi connectivity index (χ1) is 37.3. The summed E-state index contributed by atoms with van der Waals surface area (Å²) in [6.45, 7) is 21.4. The summed E-state index contributed by atoms with van der Waals surface area (Å²) in [6.07, 6.45) is 14.7. The van der Waals surface area contributed by atoms with Crippen molar-refractivity contribution >= 4 is 46.1 Å². The Balaban J connectivity index is 0.000000197. The molecule has 0 amide bonds. The van der Waals surface area contributed by atoms with E-state index in [1.807, 2.05) is 93.7 Å². The zero-order valence-electron chi connectivity index (χ0n) is 46.1. The molecule has 412 valence electrons. The fraction of sp³-hybridized carbons (Fsp3) is 0.464. The van der Waals surface area contributed by atoms with Crippen molar-refractivity contribution in [1.82, 2.24) is 69.3 Å². The summed E-state index contributed by atoms with van der Waals surface area (Å²) in [4.78, 5) is 17.2. The Hall–Kier alpha value is -7.33. The Morgan fingerprint density at radius 2 is 1.65 bits per heavy atom. The summed E-state index contributed by atoms with van der Waals surface area (Å²) in [6, 6.07) is 9.50. The van der Waals surface area contributed by atoms with E-state index < -0.39 is 5.82 Å². The Morgan fingerprint density at radius 3 is 2.35 bits per heavy atom. The van der Waals surface area contributed by atoms with Gasteiger partial charge in [-0.05, 0) is 116 Å². The Kier molecular flexibility index (Phi) is 18.3. The third-order valence-electron chi connectivity index (χ3n) is 13.7. The molecule has 2 aliphatic rings. The van der Waals surface area contributed by atoms with Crippen molar-refractivity contribution in [3.8, 4) is 39.9 Å². The molecule has 0 unspecified atom stereocenters. The van der Waals surface area contributed by atoms with Crippen LogP contribution in [0, 0.1) is 5.82 Å². The predicted octanol–water partition coefficient (Wildman–Crippen LogP) is 8.27. The van der Waals surface area contributed by atoms with E-state index in [-0.39, 0.29) is 48.1 Å². The lowest BCUT2D eigenvalue weighted by atomic mass is 10.0. The van der Waals surface area contributed by atoms with E-state index in [0.717, 1.165) is 69.2 Å². The molecule has 0 saturated carbocycles. The van der Waals surface area contributed by atoms with Gasteiger partial charge in [0.2, 0.25) is 17.6 Å². The van der Waals surface area contributed by atoms with Gasteiger partial charge in [-0.15, -0.1) is 10.2 Å². The number of aromatic nitrogens is 12. The maximum Gasteiger partial charge on any atom is 0.274 e. The van der Waals surface area contributed by atoms with Crippen molar-refractivity contribution in [3.63, 3.8) is 0 Å². The van der Waals surface area contributed by atoms with Gasteiger partial charge >= 0.3 is 0 Å². The topological polar surface area (TPSA) is 223 Å². The number of aromatic amines is 3. The Bertz CT molecular complexity index is 3360. The van der Waals surface area contributed by atoms with Gasteiger partial charge in [0.05, 0.1) is 101 Å². The minimum absolute atomic E-state index is 0.0173. The molecule has 0 spiro atoms.